The van der Waals surface area contributed by atoms with Gasteiger partial charge in [0.2, 0.25) is 0 Å². The van der Waals surface area contributed by atoms with Crippen molar-refractivity contribution in [3.8, 4) is 0 Å². The second-order valence-electron chi connectivity index (χ2n) is 2.33. The number of nitrogens with zero attached hydrogens (tertiary/aromatic N) is 3. The van der Waals surface area contributed by atoms with Gasteiger partial charge in [-0.2, -0.15) is 0 Å². The van der Waals surface area contributed by atoms with E-state index in [4.69, 9.17) is 5.11 Å². The normalized spacial score (nSPS) is 9.79. The van der Waals surface area contributed by atoms with Gasteiger partial charge in [-0.25, -0.2) is 4.98 Å². The number of pyridine rings is 1. The molecule has 0 radical (unpaired) electrons. The summed E-state index contributed by atoms with van der Waals surface area (Å²) in [5.41, 5.74) is -1.23. The minimum absolute atomic E-state index is 0.194. The zero-order chi connectivity index (χ0) is 10.7. The van der Waals surface area contributed by atoms with E-state index in [-0.39, 0.29) is 5.69 Å². The Balaban J connectivity index is 3.27. The summed E-state index contributed by atoms with van der Waals surface area (Å²) >= 11 is 0. The molecule has 14 heavy (non-hydrogen) atoms. The molecule has 1 heterocycles. The lowest BCUT2D eigenvalue weighted by Crippen LogP contribution is -2.00. The van der Waals surface area contributed by atoms with Crippen LogP contribution < -0.4 is 0 Å². The van der Waals surface area contributed by atoms with E-state index in [1.807, 2.05) is 0 Å². The standard InChI is InChI=1S/C6H5N3O5/c10-3-5-6(9(13)14)1-4(2-7-5)8(11)12/h1-2,10H,3H2. The Labute approximate surface area is 77.1 Å². The number of nitro groups is 2. The van der Waals surface area contributed by atoms with Crippen molar-refractivity contribution in [2.75, 3.05) is 0 Å². The topological polar surface area (TPSA) is 119 Å². The summed E-state index contributed by atoms with van der Waals surface area (Å²) in [6, 6.07) is 0.762. The maximum absolute atomic E-state index is 10.4. The molecule has 0 aromatic carbocycles. The molecule has 0 saturated heterocycles. The summed E-state index contributed by atoms with van der Waals surface area (Å²) in [6.07, 6.45) is 0.860. The van der Waals surface area contributed by atoms with Gasteiger partial charge in [0.05, 0.1) is 22.5 Å². The quantitative estimate of drug-likeness (QED) is 0.555. The van der Waals surface area contributed by atoms with E-state index in [2.05, 4.69) is 4.98 Å². The summed E-state index contributed by atoms with van der Waals surface area (Å²) in [4.78, 5) is 22.4. The molecule has 8 nitrogen and oxygen atoms in total. The summed E-state index contributed by atoms with van der Waals surface area (Å²) in [7, 11) is 0. The molecule has 0 atom stereocenters. The van der Waals surface area contributed by atoms with Crippen LogP contribution in [0.15, 0.2) is 12.3 Å². The molecule has 74 valence electrons. The van der Waals surface area contributed by atoms with E-state index in [0.717, 1.165) is 12.3 Å². The number of hydrogen-bond acceptors (Lipinski definition) is 6. The number of rotatable bonds is 3. The van der Waals surface area contributed by atoms with Gasteiger partial charge < -0.3 is 5.11 Å². The monoisotopic (exact) mass is 199 g/mol. The molecule has 0 aliphatic carbocycles. The Morgan fingerprint density at radius 1 is 1.36 bits per heavy atom. The SMILES string of the molecule is O=[N+]([O-])c1cnc(CO)c([N+](=O)[O-])c1. The van der Waals surface area contributed by atoms with Crippen molar-refractivity contribution in [3.63, 3.8) is 0 Å². The number of aliphatic hydroxyl groups is 1. The molecule has 0 aliphatic rings. The van der Waals surface area contributed by atoms with Gasteiger partial charge in [-0.1, -0.05) is 0 Å². The van der Waals surface area contributed by atoms with E-state index in [9.17, 15) is 20.2 Å². The van der Waals surface area contributed by atoms with Gasteiger partial charge in [0.1, 0.15) is 11.9 Å². The molecule has 0 unspecified atom stereocenters. The molecule has 1 rings (SSSR count). The minimum atomic E-state index is -0.828. The highest BCUT2D eigenvalue weighted by Crippen LogP contribution is 2.21. The van der Waals surface area contributed by atoms with E-state index >= 15 is 0 Å². The van der Waals surface area contributed by atoms with Crippen molar-refractivity contribution in [3.05, 3.63) is 38.2 Å². The van der Waals surface area contributed by atoms with Crippen molar-refractivity contribution in [1.29, 1.82) is 0 Å². The average Bonchev–Trinajstić information content (AvgIpc) is 2.16. The van der Waals surface area contributed by atoms with Crippen LogP contribution in [-0.4, -0.2) is 19.9 Å². The van der Waals surface area contributed by atoms with Crippen LogP contribution in [0.4, 0.5) is 11.4 Å². The molecular weight excluding hydrogens is 194 g/mol. The predicted octanol–water partition coefficient (Wildman–Crippen LogP) is 0.390. The number of aromatic nitrogens is 1. The molecule has 0 amide bonds. The Morgan fingerprint density at radius 2 is 2.00 bits per heavy atom. The predicted molar refractivity (Wildman–Crippen MR) is 43.5 cm³/mol. The third-order valence-corrected chi connectivity index (χ3v) is 1.49. The molecular formula is C6H5N3O5. The maximum atomic E-state index is 10.4. The first-order valence-corrected chi connectivity index (χ1v) is 3.45. The highest BCUT2D eigenvalue weighted by atomic mass is 16.6. The van der Waals surface area contributed by atoms with Gasteiger partial charge in [-0.15, -0.1) is 0 Å². The second kappa shape index (κ2) is 3.75. The third-order valence-electron chi connectivity index (χ3n) is 1.49. The van der Waals surface area contributed by atoms with Gasteiger partial charge >= 0.3 is 0 Å². The smallest absolute Gasteiger partial charge is 0.300 e. The third kappa shape index (κ3) is 1.80. The van der Waals surface area contributed by atoms with Crippen LogP contribution in [0.2, 0.25) is 0 Å². The van der Waals surface area contributed by atoms with Crippen LogP contribution in [0.3, 0.4) is 0 Å². The van der Waals surface area contributed by atoms with Crippen LogP contribution in [0.25, 0.3) is 0 Å². The van der Waals surface area contributed by atoms with Crippen molar-refractivity contribution in [1.82, 2.24) is 4.98 Å². The van der Waals surface area contributed by atoms with E-state index < -0.39 is 27.8 Å². The minimum Gasteiger partial charge on any atom is -0.390 e. The molecule has 0 bridgehead atoms. The average molecular weight is 199 g/mol. The van der Waals surface area contributed by atoms with Crippen LogP contribution in [-0.2, 0) is 6.61 Å². The van der Waals surface area contributed by atoms with Crippen molar-refractivity contribution in [2.24, 2.45) is 0 Å². The summed E-state index contributed by atoms with van der Waals surface area (Å²) in [6.45, 7) is -0.631. The first-order valence-electron chi connectivity index (χ1n) is 3.45. The molecule has 0 aliphatic heterocycles. The fourth-order valence-electron chi connectivity index (χ4n) is 0.851. The largest absolute Gasteiger partial charge is 0.390 e. The van der Waals surface area contributed by atoms with Gasteiger partial charge in [0.25, 0.3) is 11.4 Å². The zero-order valence-corrected chi connectivity index (χ0v) is 6.78. The molecule has 1 N–H and O–H groups in total. The molecule has 1 aromatic rings. The Hall–Kier alpha value is -2.09. The van der Waals surface area contributed by atoms with Crippen molar-refractivity contribution in [2.45, 2.75) is 6.61 Å². The fraction of sp³-hybridized carbons (Fsp3) is 0.167. The first kappa shape index (κ1) is 9.99. The lowest BCUT2D eigenvalue weighted by atomic mass is 10.3. The van der Waals surface area contributed by atoms with Gasteiger partial charge in [-0.05, 0) is 0 Å². The zero-order valence-electron chi connectivity index (χ0n) is 6.78. The van der Waals surface area contributed by atoms with E-state index in [1.165, 1.54) is 0 Å². The summed E-state index contributed by atoms with van der Waals surface area (Å²) in [5.74, 6) is 0. The Bertz CT molecular complexity index is 391. The van der Waals surface area contributed by atoms with E-state index in [1.54, 1.807) is 0 Å². The Morgan fingerprint density at radius 3 is 2.43 bits per heavy atom. The summed E-state index contributed by atoms with van der Waals surface area (Å²) < 4.78 is 0. The number of hydrogen-bond donors (Lipinski definition) is 1. The van der Waals surface area contributed by atoms with Crippen molar-refractivity contribution >= 4 is 11.4 Å². The molecule has 0 spiro atoms. The van der Waals surface area contributed by atoms with Gasteiger partial charge in [0, 0.05) is 0 Å². The molecule has 1 aromatic heterocycles. The lowest BCUT2D eigenvalue weighted by molar-refractivity contribution is -0.395. The van der Waals surface area contributed by atoms with Gasteiger partial charge in [-0.3, -0.25) is 20.2 Å². The highest BCUT2D eigenvalue weighted by molar-refractivity contribution is 5.43. The highest BCUT2D eigenvalue weighted by Gasteiger charge is 2.19. The Kier molecular flexibility index (Phi) is 2.67. The molecule has 0 fully saturated rings. The van der Waals surface area contributed by atoms with Crippen LogP contribution in [0, 0.1) is 20.2 Å². The van der Waals surface area contributed by atoms with Crippen LogP contribution in [0.5, 0.6) is 0 Å². The van der Waals surface area contributed by atoms with Crippen LogP contribution in [0.1, 0.15) is 5.69 Å². The second-order valence-corrected chi connectivity index (χ2v) is 2.33. The van der Waals surface area contributed by atoms with Crippen molar-refractivity contribution < 1.29 is 15.0 Å². The maximum Gasteiger partial charge on any atom is 0.300 e. The lowest BCUT2D eigenvalue weighted by Gasteiger charge is -1.97. The van der Waals surface area contributed by atoms with Crippen LogP contribution >= 0.6 is 0 Å². The molecule has 8 heteroatoms. The van der Waals surface area contributed by atoms with Gasteiger partial charge in [0.15, 0.2) is 0 Å². The fourth-order valence-corrected chi connectivity index (χ4v) is 0.851. The van der Waals surface area contributed by atoms with E-state index in [0.29, 0.717) is 0 Å². The molecule has 0 saturated carbocycles. The number of aliphatic hydroxyl groups excluding tert-OH is 1. The summed E-state index contributed by atoms with van der Waals surface area (Å²) in [5, 5.41) is 29.3. The first-order chi connectivity index (χ1) is 6.56.